The van der Waals surface area contributed by atoms with Gasteiger partial charge in [-0.05, 0) is 34.1 Å². The number of halogens is 1. The number of hydrogen-bond acceptors (Lipinski definition) is 2. The molecule has 0 radical (unpaired) electrons. The van der Waals surface area contributed by atoms with Crippen molar-refractivity contribution < 1.29 is 4.79 Å². The highest BCUT2D eigenvalue weighted by Gasteiger charge is 2.09. The van der Waals surface area contributed by atoms with Gasteiger partial charge in [0.1, 0.15) is 0 Å². The Morgan fingerprint density at radius 2 is 2.33 bits per heavy atom. The number of carbonyl (C=O) groups is 1. The van der Waals surface area contributed by atoms with Gasteiger partial charge in [0.05, 0.1) is 5.56 Å². The number of hydrogen-bond donors (Lipinski definition) is 2. The van der Waals surface area contributed by atoms with E-state index in [9.17, 15) is 4.79 Å². The lowest BCUT2D eigenvalue weighted by atomic mass is 10.2. The fourth-order valence-corrected chi connectivity index (χ4v) is 1.49. The van der Waals surface area contributed by atoms with E-state index >= 15 is 0 Å². The standard InChI is InChI=1S/C11H11BrN2O/c1-2-3-6-14-11(15)9-7-8(13)4-5-10(9)12/h1,4-5,7H,3,6,13H2,(H,14,15). The number of rotatable bonds is 3. The van der Waals surface area contributed by atoms with E-state index in [4.69, 9.17) is 12.2 Å². The van der Waals surface area contributed by atoms with Gasteiger partial charge in [0.2, 0.25) is 0 Å². The summed E-state index contributed by atoms with van der Waals surface area (Å²) in [5, 5.41) is 2.70. The molecule has 0 aliphatic rings. The number of anilines is 1. The molecule has 0 bridgehead atoms. The van der Waals surface area contributed by atoms with Crippen LogP contribution >= 0.6 is 15.9 Å². The van der Waals surface area contributed by atoms with Crippen molar-refractivity contribution in [1.82, 2.24) is 5.32 Å². The van der Waals surface area contributed by atoms with E-state index in [0.29, 0.717) is 24.2 Å². The van der Waals surface area contributed by atoms with Crippen LogP contribution in [0.2, 0.25) is 0 Å². The minimum atomic E-state index is -0.176. The van der Waals surface area contributed by atoms with E-state index in [1.807, 2.05) is 0 Å². The Labute approximate surface area is 97.2 Å². The van der Waals surface area contributed by atoms with Crippen LogP contribution in [0.1, 0.15) is 16.8 Å². The summed E-state index contributed by atoms with van der Waals surface area (Å²) in [6.45, 7) is 0.469. The summed E-state index contributed by atoms with van der Waals surface area (Å²) in [5.74, 6) is 2.27. The molecule has 0 saturated heterocycles. The molecule has 0 fully saturated rings. The van der Waals surface area contributed by atoms with Crippen molar-refractivity contribution >= 4 is 27.5 Å². The van der Waals surface area contributed by atoms with Crippen molar-refractivity contribution in [3.8, 4) is 12.3 Å². The van der Waals surface area contributed by atoms with Gasteiger partial charge < -0.3 is 11.1 Å². The van der Waals surface area contributed by atoms with Crippen LogP contribution in [0.5, 0.6) is 0 Å². The minimum absolute atomic E-state index is 0.176. The smallest absolute Gasteiger partial charge is 0.252 e. The van der Waals surface area contributed by atoms with Gasteiger partial charge in [-0.25, -0.2) is 0 Å². The molecule has 3 N–H and O–H groups in total. The molecule has 0 aliphatic carbocycles. The van der Waals surface area contributed by atoms with Gasteiger partial charge in [0.25, 0.3) is 5.91 Å². The molecule has 15 heavy (non-hydrogen) atoms. The van der Waals surface area contributed by atoms with Crippen LogP contribution in [0.4, 0.5) is 5.69 Å². The lowest BCUT2D eigenvalue weighted by Gasteiger charge is -2.06. The number of terminal acetylenes is 1. The Kier molecular flexibility index (Phi) is 4.19. The van der Waals surface area contributed by atoms with Crippen molar-refractivity contribution in [2.24, 2.45) is 0 Å². The zero-order chi connectivity index (χ0) is 11.3. The topological polar surface area (TPSA) is 55.1 Å². The monoisotopic (exact) mass is 266 g/mol. The summed E-state index contributed by atoms with van der Waals surface area (Å²) >= 11 is 3.28. The van der Waals surface area contributed by atoms with Crippen molar-refractivity contribution in [3.05, 3.63) is 28.2 Å². The highest BCUT2D eigenvalue weighted by Crippen LogP contribution is 2.19. The predicted octanol–water partition coefficient (Wildman–Crippen LogP) is 1.78. The normalized spacial score (nSPS) is 9.33. The van der Waals surface area contributed by atoms with Crippen molar-refractivity contribution in [2.75, 3.05) is 12.3 Å². The first-order chi connectivity index (χ1) is 7.15. The number of amides is 1. The van der Waals surface area contributed by atoms with Gasteiger partial charge in [-0.3, -0.25) is 4.79 Å². The molecule has 1 aromatic rings. The summed E-state index contributed by atoms with van der Waals surface area (Å²) in [4.78, 5) is 11.6. The molecule has 1 aromatic carbocycles. The Hall–Kier alpha value is -1.47. The van der Waals surface area contributed by atoms with E-state index in [1.165, 1.54) is 0 Å². The number of carbonyl (C=O) groups excluding carboxylic acids is 1. The molecule has 0 unspecified atom stereocenters. The molecule has 0 atom stereocenters. The Bertz CT molecular complexity index is 410. The van der Waals surface area contributed by atoms with Gasteiger partial charge in [-0.2, -0.15) is 0 Å². The minimum Gasteiger partial charge on any atom is -0.399 e. The van der Waals surface area contributed by atoms with Crippen molar-refractivity contribution in [3.63, 3.8) is 0 Å². The summed E-state index contributed by atoms with van der Waals surface area (Å²) in [7, 11) is 0. The van der Waals surface area contributed by atoms with Crippen LogP contribution in [0.25, 0.3) is 0 Å². The van der Waals surface area contributed by atoms with Crippen LogP contribution in [0.15, 0.2) is 22.7 Å². The van der Waals surface area contributed by atoms with Crippen molar-refractivity contribution in [1.29, 1.82) is 0 Å². The molecule has 0 aliphatic heterocycles. The molecule has 3 nitrogen and oxygen atoms in total. The first-order valence-electron chi connectivity index (χ1n) is 4.42. The van der Waals surface area contributed by atoms with Crippen molar-refractivity contribution in [2.45, 2.75) is 6.42 Å². The third-order valence-corrected chi connectivity index (χ3v) is 2.48. The van der Waals surface area contributed by atoms with E-state index in [1.54, 1.807) is 18.2 Å². The Morgan fingerprint density at radius 1 is 1.60 bits per heavy atom. The number of nitrogen functional groups attached to an aromatic ring is 1. The van der Waals surface area contributed by atoms with Crippen LogP contribution in [-0.2, 0) is 0 Å². The second-order valence-electron chi connectivity index (χ2n) is 2.95. The Morgan fingerprint density at radius 3 is 3.00 bits per heavy atom. The number of nitrogens with two attached hydrogens (primary N) is 1. The fraction of sp³-hybridized carbons (Fsp3) is 0.182. The maximum absolute atomic E-state index is 11.6. The van der Waals surface area contributed by atoms with Gasteiger partial charge in [0.15, 0.2) is 0 Å². The third-order valence-electron chi connectivity index (χ3n) is 1.79. The average molecular weight is 267 g/mol. The number of benzene rings is 1. The summed E-state index contributed by atoms with van der Waals surface area (Å²) in [6.07, 6.45) is 5.60. The molecule has 78 valence electrons. The first kappa shape index (κ1) is 11.6. The van der Waals surface area contributed by atoms with E-state index in [2.05, 4.69) is 27.2 Å². The molecule has 0 heterocycles. The van der Waals surface area contributed by atoms with E-state index in [-0.39, 0.29) is 5.91 Å². The van der Waals surface area contributed by atoms with Crippen LogP contribution < -0.4 is 11.1 Å². The maximum atomic E-state index is 11.6. The molecular formula is C11H11BrN2O. The summed E-state index contributed by atoms with van der Waals surface area (Å²) in [5.41, 5.74) is 6.66. The van der Waals surface area contributed by atoms with Crippen LogP contribution in [0, 0.1) is 12.3 Å². The van der Waals surface area contributed by atoms with Crippen LogP contribution in [0.3, 0.4) is 0 Å². The lowest BCUT2D eigenvalue weighted by molar-refractivity contribution is 0.0954. The molecule has 4 heteroatoms. The van der Waals surface area contributed by atoms with Gasteiger partial charge in [0, 0.05) is 23.1 Å². The van der Waals surface area contributed by atoms with Gasteiger partial charge in [-0.15, -0.1) is 12.3 Å². The lowest BCUT2D eigenvalue weighted by Crippen LogP contribution is -2.24. The first-order valence-corrected chi connectivity index (χ1v) is 5.21. The Balaban J connectivity index is 2.73. The molecule has 0 aromatic heterocycles. The number of nitrogens with one attached hydrogen (secondary N) is 1. The largest absolute Gasteiger partial charge is 0.399 e. The molecule has 1 amide bonds. The second kappa shape index (κ2) is 5.42. The predicted molar refractivity (Wildman–Crippen MR) is 64.3 cm³/mol. The third kappa shape index (κ3) is 3.30. The fourth-order valence-electron chi connectivity index (χ4n) is 1.06. The van der Waals surface area contributed by atoms with E-state index < -0.39 is 0 Å². The highest BCUT2D eigenvalue weighted by molar-refractivity contribution is 9.10. The van der Waals surface area contributed by atoms with E-state index in [0.717, 1.165) is 4.47 Å². The van der Waals surface area contributed by atoms with Crippen LogP contribution in [-0.4, -0.2) is 12.5 Å². The molecular weight excluding hydrogens is 256 g/mol. The molecule has 0 saturated carbocycles. The quantitative estimate of drug-likeness (QED) is 0.498. The molecule has 0 spiro atoms. The van der Waals surface area contributed by atoms with Gasteiger partial charge >= 0.3 is 0 Å². The second-order valence-corrected chi connectivity index (χ2v) is 3.80. The van der Waals surface area contributed by atoms with Gasteiger partial charge in [-0.1, -0.05) is 0 Å². The summed E-state index contributed by atoms with van der Waals surface area (Å²) in [6, 6.07) is 5.09. The highest BCUT2D eigenvalue weighted by atomic mass is 79.9. The molecule has 1 rings (SSSR count). The zero-order valence-electron chi connectivity index (χ0n) is 8.09. The zero-order valence-corrected chi connectivity index (χ0v) is 9.67. The maximum Gasteiger partial charge on any atom is 0.252 e. The summed E-state index contributed by atoms with van der Waals surface area (Å²) < 4.78 is 0.718. The SMILES string of the molecule is C#CCCNC(=O)c1cc(N)ccc1Br. The average Bonchev–Trinajstić information content (AvgIpc) is 2.22.